The molecule has 6 heteroatoms. The number of nitrogens with zero attached hydrogens (tertiary/aromatic N) is 1. The molecule has 0 amide bonds. The Balaban J connectivity index is 3.13. The summed E-state index contributed by atoms with van der Waals surface area (Å²) in [4.78, 5) is 5.62. The predicted molar refractivity (Wildman–Crippen MR) is 36.0 cm³/mol. The molecule has 0 aliphatic heterocycles. The zero-order valence-corrected chi connectivity index (χ0v) is 7.05. The smallest absolute Gasteiger partial charge is 0.336 e. The Bertz CT molecular complexity index is 265. The molecule has 0 aromatic carbocycles. The highest BCUT2D eigenvalue weighted by molar-refractivity contribution is 9.10. The summed E-state index contributed by atoms with van der Waals surface area (Å²) in [6.45, 7) is 1.32. The second-order valence-electron chi connectivity index (χ2n) is 2.00. The molecule has 0 atom stereocenters. The number of alkyl halides is 3. The number of aromatic nitrogens is 2. The Morgan fingerprint density at radius 2 is 2.00 bits per heavy atom. The van der Waals surface area contributed by atoms with E-state index in [4.69, 9.17) is 0 Å². The zero-order valence-electron chi connectivity index (χ0n) is 5.46. The van der Waals surface area contributed by atoms with Crippen molar-refractivity contribution in [2.75, 3.05) is 0 Å². The van der Waals surface area contributed by atoms with Crippen LogP contribution in [0.15, 0.2) is 4.73 Å². The van der Waals surface area contributed by atoms with E-state index in [9.17, 15) is 13.2 Å². The second-order valence-corrected chi connectivity index (χ2v) is 2.75. The fourth-order valence-electron chi connectivity index (χ4n) is 0.700. The highest BCUT2D eigenvalue weighted by Crippen LogP contribution is 2.30. The third kappa shape index (κ3) is 1.74. The molecule has 1 aromatic rings. The van der Waals surface area contributed by atoms with Crippen molar-refractivity contribution >= 4 is 15.9 Å². The maximum atomic E-state index is 12.0. The Morgan fingerprint density at radius 1 is 1.45 bits per heavy atom. The normalized spacial score (nSPS) is 12.1. The number of halogens is 4. The van der Waals surface area contributed by atoms with Crippen LogP contribution in [0.2, 0.25) is 0 Å². The Kier molecular flexibility index (Phi) is 1.96. The van der Waals surface area contributed by atoms with Crippen LogP contribution in [0, 0.1) is 6.92 Å². The number of nitrogens with one attached hydrogen (secondary N) is 1. The van der Waals surface area contributed by atoms with Crippen molar-refractivity contribution < 1.29 is 13.2 Å². The first kappa shape index (κ1) is 8.58. The number of imidazole rings is 1. The minimum absolute atomic E-state index is 0.0179. The van der Waals surface area contributed by atoms with E-state index < -0.39 is 11.9 Å². The van der Waals surface area contributed by atoms with Crippen LogP contribution < -0.4 is 0 Å². The topological polar surface area (TPSA) is 28.7 Å². The van der Waals surface area contributed by atoms with Crippen LogP contribution in [-0.4, -0.2) is 9.97 Å². The average Bonchev–Trinajstić information content (AvgIpc) is 2.08. The van der Waals surface area contributed by atoms with Crippen LogP contribution in [0.5, 0.6) is 0 Å². The van der Waals surface area contributed by atoms with Gasteiger partial charge in [-0.25, -0.2) is 4.98 Å². The number of hydrogen-bond acceptors (Lipinski definition) is 1. The molecule has 0 aliphatic rings. The molecule has 0 unspecified atom stereocenters. The Hall–Kier alpha value is -0.520. The molecule has 0 saturated heterocycles. The highest BCUT2D eigenvalue weighted by atomic mass is 79.9. The predicted octanol–water partition coefficient (Wildman–Crippen LogP) is 2.50. The van der Waals surface area contributed by atoms with Crippen molar-refractivity contribution in [1.82, 2.24) is 9.97 Å². The lowest BCUT2D eigenvalue weighted by Crippen LogP contribution is -2.07. The average molecular weight is 229 g/mol. The zero-order chi connectivity index (χ0) is 8.65. The van der Waals surface area contributed by atoms with Gasteiger partial charge in [-0.15, -0.1) is 0 Å². The molecular weight excluding hydrogens is 225 g/mol. The van der Waals surface area contributed by atoms with Crippen LogP contribution >= 0.6 is 15.9 Å². The number of aromatic amines is 1. The van der Waals surface area contributed by atoms with Crippen LogP contribution in [-0.2, 0) is 6.18 Å². The van der Waals surface area contributed by atoms with Crippen LogP contribution in [0.1, 0.15) is 11.4 Å². The quantitative estimate of drug-likeness (QED) is 0.727. The Morgan fingerprint density at radius 3 is 2.18 bits per heavy atom. The van der Waals surface area contributed by atoms with Gasteiger partial charge in [-0.1, -0.05) is 0 Å². The standard InChI is InChI=1S/C5H4BrF3N2/c1-2-3(5(7,8)9)11-4(6)10-2/h1H3,(H,10,11). The molecule has 1 N–H and O–H groups in total. The van der Waals surface area contributed by atoms with E-state index in [1.807, 2.05) is 0 Å². The molecule has 0 radical (unpaired) electrons. The van der Waals surface area contributed by atoms with E-state index in [-0.39, 0.29) is 10.4 Å². The third-order valence-corrected chi connectivity index (χ3v) is 1.50. The van der Waals surface area contributed by atoms with Gasteiger partial charge in [0.2, 0.25) is 0 Å². The molecule has 0 bridgehead atoms. The molecule has 0 saturated carbocycles. The van der Waals surface area contributed by atoms with Crippen molar-refractivity contribution in [3.05, 3.63) is 16.1 Å². The summed E-state index contributed by atoms with van der Waals surface area (Å²) in [5.41, 5.74) is -0.853. The molecule has 11 heavy (non-hydrogen) atoms. The van der Waals surface area contributed by atoms with Gasteiger partial charge in [0.05, 0.1) is 0 Å². The van der Waals surface area contributed by atoms with Gasteiger partial charge in [0.15, 0.2) is 10.4 Å². The minimum atomic E-state index is -4.37. The summed E-state index contributed by atoms with van der Waals surface area (Å²) in [5.74, 6) is 0. The van der Waals surface area contributed by atoms with E-state index in [2.05, 4.69) is 25.9 Å². The SMILES string of the molecule is Cc1[nH]c(Br)nc1C(F)(F)F. The maximum Gasteiger partial charge on any atom is 0.435 e. The van der Waals surface area contributed by atoms with Gasteiger partial charge in [0.1, 0.15) is 0 Å². The van der Waals surface area contributed by atoms with E-state index >= 15 is 0 Å². The summed E-state index contributed by atoms with van der Waals surface area (Å²) in [7, 11) is 0. The first-order chi connectivity index (χ1) is 4.91. The van der Waals surface area contributed by atoms with Crippen LogP contribution in [0.25, 0.3) is 0 Å². The molecule has 1 aromatic heterocycles. The lowest BCUT2D eigenvalue weighted by atomic mass is 10.3. The fourth-order valence-corrected chi connectivity index (χ4v) is 1.17. The number of H-pyrrole nitrogens is 1. The first-order valence-corrected chi connectivity index (χ1v) is 3.50. The fraction of sp³-hybridized carbons (Fsp3) is 0.400. The summed E-state index contributed by atoms with van der Waals surface area (Å²) >= 11 is 2.81. The monoisotopic (exact) mass is 228 g/mol. The lowest BCUT2D eigenvalue weighted by molar-refractivity contribution is -0.141. The summed E-state index contributed by atoms with van der Waals surface area (Å²) in [6, 6.07) is 0. The minimum Gasteiger partial charge on any atom is -0.336 e. The van der Waals surface area contributed by atoms with Crippen LogP contribution in [0.3, 0.4) is 0 Å². The van der Waals surface area contributed by atoms with Crippen molar-refractivity contribution in [3.63, 3.8) is 0 Å². The number of aryl methyl sites for hydroxylation is 1. The van der Waals surface area contributed by atoms with Gasteiger partial charge in [0, 0.05) is 5.69 Å². The molecule has 0 aliphatic carbocycles. The van der Waals surface area contributed by atoms with Gasteiger partial charge >= 0.3 is 6.18 Å². The largest absolute Gasteiger partial charge is 0.435 e. The Labute approximate surface area is 69.0 Å². The van der Waals surface area contributed by atoms with E-state index in [1.54, 1.807) is 0 Å². The van der Waals surface area contributed by atoms with E-state index in [1.165, 1.54) is 6.92 Å². The number of rotatable bonds is 0. The molecule has 1 heterocycles. The molecule has 62 valence electrons. The summed E-state index contributed by atoms with van der Waals surface area (Å²) in [6.07, 6.45) is -4.37. The van der Waals surface area contributed by atoms with Crippen molar-refractivity contribution in [2.45, 2.75) is 13.1 Å². The van der Waals surface area contributed by atoms with Gasteiger partial charge < -0.3 is 4.98 Å². The molecular formula is C5H4BrF3N2. The molecule has 2 nitrogen and oxygen atoms in total. The van der Waals surface area contributed by atoms with Gasteiger partial charge in [-0.2, -0.15) is 13.2 Å². The van der Waals surface area contributed by atoms with Crippen molar-refractivity contribution in [1.29, 1.82) is 0 Å². The van der Waals surface area contributed by atoms with Gasteiger partial charge in [-0.05, 0) is 22.9 Å². The summed E-state index contributed by atoms with van der Waals surface area (Å²) in [5, 5.41) is 0. The highest BCUT2D eigenvalue weighted by Gasteiger charge is 2.35. The van der Waals surface area contributed by atoms with Crippen LogP contribution in [0.4, 0.5) is 13.2 Å². The third-order valence-electron chi connectivity index (χ3n) is 1.12. The van der Waals surface area contributed by atoms with Crippen molar-refractivity contribution in [3.8, 4) is 0 Å². The lowest BCUT2D eigenvalue weighted by Gasteiger charge is -2.01. The van der Waals surface area contributed by atoms with E-state index in [0.717, 1.165) is 0 Å². The number of hydrogen-bond donors (Lipinski definition) is 1. The summed E-state index contributed by atoms with van der Waals surface area (Å²) < 4.78 is 36.0. The van der Waals surface area contributed by atoms with Gasteiger partial charge in [0.25, 0.3) is 0 Å². The second kappa shape index (κ2) is 2.51. The van der Waals surface area contributed by atoms with Crippen molar-refractivity contribution in [2.24, 2.45) is 0 Å². The van der Waals surface area contributed by atoms with Gasteiger partial charge in [-0.3, -0.25) is 0 Å². The molecule has 0 fully saturated rings. The molecule has 0 spiro atoms. The maximum absolute atomic E-state index is 12.0. The first-order valence-electron chi connectivity index (χ1n) is 2.70. The van der Waals surface area contributed by atoms with E-state index in [0.29, 0.717) is 0 Å². The molecule has 1 rings (SSSR count).